The van der Waals surface area contributed by atoms with E-state index >= 15 is 0 Å². The van der Waals surface area contributed by atoms with E-state index in [0.29, 0.717) is 5.56 Å². The molecule has 2 N–H and O–H groups in total. The highest BCUT2D eigenvalue weighted by Crippen LogP contribution is 2.40. The Morgan fingerprint density at radius 2 is 1.81 bits per heavy atom. The predicted octanol–water partition coefficient (Wildman–Crippen LogP) is 3.36. The molecule has 1 amide bonds. The van der Waals surface area contributed by atoms with Gasteiger partial charge in [0.15, 0.2) is 11.5 Å². The Morgan fingerprint density at radius 1 is 1.08 bits per heavy atom. The number of aryl methyl sites for hydroxylation is 1. The molecule has 1 aromatic carbocycles. The van der Waals surface area contributed by atoms with Crippen LogP contribution in [0.3, 0.4) is 0 Å². The highest BCUT2D eigenvalue weighted by molar-refractivity contribution is 6.07. The lowest BCUT2D eigenvalue weighted by Gasteiger charge is -2.22. The molecule has 0 fully saturated rings. The van der Waals surface area contributed by atoms with Crippen LogP contribution in [0.2, 0.25) is 0 Å². The van der Waals surface area contributed by atoms with Crippen molar-refractivity contribution in [3.63, 3.8) is 0 Å². The molecule has 1 unspecified atom stereocenters. The van der Waals surface area contributed by atoms with Crippen LogP contribution in [-0.4, -0.2) is 47.3 Å². The number of hydrogen-bond acceptors (Lipinski definition) is 6. The largest absolute Gasteiger partial charge is 0.310 e. The zero-order valence-corrected chi connectivity index (χ0v) is 19.0. The van der Waals surface area contributed by atoms with Gasteiger partial charge in [0.1, 0.15) is 23.3 Å². The Hall–Kier alpha value is -4.16. The normalized spacial score (nSPS) is 17.9. The first-order valence-corrected chi connectivity index (χ1v) is 10.9. The maximum Gasteiger partial charge on any atom is 0.310 e. The van der Waals surface area contributed by atoms with Gasteiger partial charge >= 0.3 is 11.8 Å². The minimum atomic E-state index is -4.27. The van der Waals surface area contributed by atoms with Crippen LogP contribution in [-0.2, 0) is 16.6 Å². The van der Waals surface area contributed by atoms with Gasteiger partial charge in [-0.3, -0.25) is 9.59 Å². The van der Waals surface area contributed by atoms with Gasteiger partial charge in [0.25, 0.3) is 5.56 Å². The molecule has 13 heteroatoms. The van der Waals surface area contributed by atoms with Gasteiger partial charge in [0.2, 0.25) is 5.91 Å². The molecule has 9 nitrogen and oxygen atoms in total. The summed E-state index contributed by atoms with van der Waals surface area (Å²) in [6, 6.07) is 8.73. The van der Waals surface area contributed by atoms with Gasteiger partial charge in [-0.2, -0.15) is 13.9 Å². The van der Waals surface area contributed by atoms with Gasteiger partial charge in [0.05, 0.1) is 17.5 Å². The summed E-state index contributed by atoms with van der Waals surface area (Å²) < 4.78 is 55.6. The molecule has 5 rings (SSSR count). The third-order valence-electron chi connectivity index (χ3n) is 6.35. The summed E-state index contributed by atoms with van der Waals surface area (Å²) in [7, 11) is 0. The number of hydrogen-bond donors (Lipinski definition) is 2. The van der Waals surface area contributed by atoms with Gasteiger partial charge in [0, 0.05) is 13.3 Å². The second-order valence-electron chi connectivity index (χ2n) is 8.78. The Kier molecular flexibility index (Phi) is 5.19. The fraction of sp³-hybridized carbons (Fsp3) is 0.304. The number of aromatic nitrogens is 6. The molecule has 186 valence electrons. The average Bonchev–Trinajstić information content (AvgIpc) is 3.40. The third kappa shape index (κ3) is 3.62. The van der Waals surface area contributed by atoms with Crippen molar-refractivity contribution in [2.24, 2.45) is 0 Å². The van der Waals surface area contributed by atoms with E-state index in [1.165, 1.54) is 10.7 Å². The molecule has 1 aliphatic rings. The third-order valence-corrected chi connectivity index (χ3v) is 6.35. The van der Waals surface area contributed by atoms with E-state index < -0.39 is 41.6 Å². The van der Waals surface area contributed by atoms with E-state index in [0.717, 1.165) is 6.33 Å². The van der Waals surface area contributed by atoms with E-state index in [4.69, 9.17) is 0 Å². The number of rotatable bonds is 6. The number of anilines is 1. The molecular weight excluding hydrogens is 482 g/mol. The lowest BCUT2D eigenvalue weighted by atomic mass is 9.78. The first-order chi connectivity index (χ1) is 16.9. The molecule has 4 aromatic rings. The fourth-order valence-electron chi connectivity index (χ4n) is 4.21. The van der Waals surface area contributed by atoms with Crippen LogP contribution in [0.5, 0.6) is 0 Å². The SMILES string of the molecule is CC1(c2ccccc2)C(=O)Nc2nc(-c3cn4ncnc4c(CCC(F)(F)C(C)(F)F)n3)[nH]c(=O)c21. The van der Waals surface area contributed by atoms with Crippen LogP contribution in [0, 0.1) is 0 Å². The molecule has 0 radical (unpaired) electrons. The number of amides is 1. The molecule has 0 aliphatic carbocycles. The van der Waals surface area contributed by atoms with Crippen LogP contribution in [0.1, 0.15) is 37.1 Å². The van der Waals surface area contributed by atoms with E-state index in [-0.39, 0.29) is 41.2 Å². The lowest BCUT2D eigenvalue weighted by Crippen LogP contribution is -2.38. The average molecular weight is 501 g/mol. The fourth-order valence-corrected chi connectivity index (χ4v) is 4.21. The van der Waals surface area contributed by atoms with Crippen LogP contribution in [0.4, 0.5) is 23.4 Å². The number of fused-ring (bicyclic) bond motifs is 2. The number of H-pyrrole nitrogens is 1. The topological polar surface area (TPSA) is 118 Å². The number of carbonyl (C=O) groups excluding carboxylic acids is 1. The number of aromatic amines is 1. The first-order valence-electron chi connectivity index (χ1n) is 10.9. The Morgan fingerprint density at radius 3 is 2.50 bits per heavy atom. The van der Waals surface area contributed by atoms with Crippen LogP contribution in [0.15, 0.2) is 47.7 Å². The maximum absolute atomic E-state index is 13.9. The van der Waals surface area contributed by atoms with Gasteiger partial charge in [-0.1, -0.05) is 30.3 Å². The van der Waals surface area contributed by atoms with Gasteiger partial charge in [-0.15, -0.1) is 0 Å². The summed E-state index contributed by atoms with van der Waals surface area (Å²) in [5, 5.41) is 6.60. The van der Waals surface area contributed by atoms with Crippen LogP contribution in [0.25, 0.3) is 17.2 Å². The van der Waals surface area contributed by atoms with Crippen molar-refractivity contribution in [3.05, 3.63) is 70.0 Å². The minimum Gasteiger partial charge on any atom is -0.309 e. The summed E-state index contributed by atoms with van der Waals surface area (Å²) >= 11 is 0. The highest BCUT2D eigenvalue weighted by atomic mass is 19.3. The second kappa shape index (κ2) is 7.93. The molecule has 3 aromatic heterocycles. The van der Waals surface area contributed by atoms with Gasteiger partial charge in [-0.05, 0) is 18.9 Å². The number of nitrogens with zero attached hydrogens (tertiary/aromatic N) is 5. The van der Waals surface area contributed by atoms with Crippen molar-refractivity contribution in [1.29, 1.82) is 0 Å². The molecule has 4 heterocycles. The summed E-state index contributed by atoms with van der Waals surface area (Å²) in [6.45, 7) is 1.77. The summed E-state index contributed by atoms with van der Waals surface area (Å²) in [6.07, 6.45) is 0.789. The zero-order valence-electron chi connectivity index (χ0n) is 19.0. The Balaban J connectivity index is 1.58. The van der Waals surface area contributed by atoms with Gasteiger partial charge in [-0.25, -0.2) is 28.2 Å². The summed E-state index contributed by atoms with van der Waals surface area (Å²) in [5.41, 5.74) is -1.08. The van der Waals surface area contributed by atoms with E-state index in [1.807, 2.05) is 0 Å². The van der Waals surface area contributed by atoms with Crippen LogP contribution < -0.4 is 10.9 Å². The molecule has 0 saturated heterocycles. The van der Waals surface area contributed by atoms with Crippen molar-refractivity contribution in [2.75, 3.05) is 5.32 Å². The summed E-state index contributed by atoms with van der Waals surface area (Å²) in [4.78, 5) is 41.3. The van der Waals surface area contributed by atoms with Crippen molar-refractivity contribution < 1.29 is 22.4 Å². The molecule has 36 heavy (non-hydrogen) atoms. The molecule has 1 atom stereocenters. The van der Waals surface area contributed by atoms with Crippen molar-refractivity contribution in [3.8, 4) is 11.5 Å². The molecule has 0 bridgehead atoms. The Labute approximate surface area is 200 Å². The quantitative estimate of drug-likeness (QED) is 0.391. The van der Waals surface area contributed by atoms with E-state index in [1.54, 1.807) is 37.3 Å². The monoisotopic (exact) mass is 501 g/mol. The molecule has 0 spiro atoms. The zero-order chi connectivity index (χ0) is 25.9. The van der Waals surface area contributed by atoms with Crippen molar-refractivity contribution in [1.82, 2.24) is 29.5 Å². The van der Waals surface area contributed by atoms with E-state index in [2.05, 4.69) is 30.4 Å². The number of alkyl halides is 4. The number of benzene rings is 1. The van der Waals surface area contributed by atoms with E-state index in [9.17, 15) is 27.2 Å². The lowest BCUT2D eigenvalue weighted by molar-refractivity contribution is -0.200. The molecular formula is C23H19F4N7O2. The van der Waals surface area contributed by atoms with Gasteiger partial charge < -0.3 is 10.3 Å². The first kappa shape index (κ1) is 23.6. The smallest absolute Gasteiger partial charge is 0.309 e. The Bertz CT molecular complexity index is 1550. The van der Waals surface area contributed by atoms with Crippen molar-refractivity contribution >= 4 is 17.4 Å². The van der Waals surface area contributed by atoms with Crippen molar-refractivity contribution in [2.45, 2.75) is 43.9 Å². The second-order valence-corrected chi connectivity index (χ2v) is 8.78. The highest BCUT2D eigenvalue weighted by Gasteiger charge is 2.51. The molecule has 1 aliphatic heterocycles. The maximum atomic E-state index is 13.9. The minimum absolute atomic E-state index is 0.0250. The number of nitrogens with one attached hydrogen (secondary N) is 2. The molecule has 0 saturated carbocycles. The predicted molar refractivity (Wildman–Crippen MR) is 120 cm³/mol. The number of carbonyl (C=O) groups is 1. The summed E-state index contributed by atoms with van der Waals surface area (Å²) in [5.74, 6) is -8.97. The standard InChI is InChI=1S/C23H19F4N7O2/c1-21(12-6-4-3-5-7-12)15-17(33-20(21)36)31-16(32-19(15)35)14-10-34-18(28-11-29-34)13(30-14)8-9-23(26,27)22(2,24)25/h3-7,10-11H,8-9H2,1-2H3,(H2,31,32,33,35,36). The number of halogens is 4. The van der Waals surface area contributed by atoms with Crippen LogP contribution >= 0.6 is 0 Å².